The van der Waals surface area contributed by atoms with E-state index in [1.165, 1.54) is 0 Å². The van der Waals surface area contributed by atoms with Crippen molar-refractivity contribution in [3.8, 4) is 0 Å². The minimum Gasteiger partial charge on any atom is -0.383 e. The van der Waals surface area contributed by atoms with Crippen molar-refractivity contribution in [2.24, 2.45) is 0 Å². The first-order valence-corrected chi connectivity index (χ1v) is 5.70. The second-order valence-electron chi connectivity index (χ2n) is 3.29. The zero-order valence-electron chi connectivity index (χ0n) is 8.87. The number of amides is 1. The summed E-state index contributed by atoms with van der Waals surface area (Å²) in [6.45, 7) is 0.392. The van der Waals surface area contributed by atoms with E-state index in [-0.39, 0.29) is 11.9 Å². The summed E-state index contributed by atoms with van der Waals surface area (Å²) >= 11 is 11.4. The van der Waals surface area contributed by atoms with Gasteiger partial charge in [0, 0.05) is 23.6 Å². The molecule has 1 rings (SSSR count). The van der Waals surface area contributed by atoms with Crippen LogP contribution in [0.2, 0.25) is 5.02 Å². The molecule has 0 aromatic heterocycles. The van der Waals surface area contributed by atoms with Gasteiger partial charge in [0.2, 0.25) is 0 Å². The number of rotatable bonds is 5. The molecule has 0 aliphatic carbocycles. The lowest BCUT2D eigenvalue weighted by Crippen LogP contribution is -2.39. The third kappa shape index (κ3) is 4.00. The van der Waals surface area contributed by atoms with Crippen LogP contribution in [0.25, 0.3) is 0 Å². The maximum atomic E-state index is 11.7. The molecule has 1 aromatic rings. The lowest BCUT2D eigenvalue weighted by Gasteiger charge is -2.14. The van der Waals surface area contributed by atoms with Crippen LogP contribution in [-0.2, 0) is 4.74 Å². The SMILES string of the molecule is COCC(CCl)NC(=O)c1ccc(Cl)cc1. The van der Waals surface area contributed by atoms with E-state index in [4.69, 9.17) is 27.9 Å². The number of benzene rings is 1. The summed E-state index contributed by atoms with van der Waals surface area (Å²) in [5.41, 5.74) is 0.551. The van der Waals surface area contributed by atoms with E-state index in [1.807, 2.05) is 0 Å². The number of halogens is 2. The van der Waals surface area contributed by atoms with Gasteiger partial charge in [-0.3, -0.25) is 4.79 Å². The Morgan fingerprint density at radius 2 is 2.06 bits per heavy atom. The van der Waals surface area contributed by atoms with Crippen molar-refractivity contribution in [2.45, 2.75) is 6.04 Å². The van der Waals surface area contributed by atoms with Crippen molar-refractivity contribution in [3.05, 3.63) is 34.9 Å². The van der Waals surface area contributed by atoms with E-state index in [2.05, 4.69) is 5.32 Å². The average molecular weight is 262 g/mol. The van der Waals surface area contributed by atoms with Crippen LogP contribution < -0.4 is 5.32 Å². The molecule has 88 valence electrons. The Kier molecular flexibility index (Phi) is 5.60. The summed E-state index contributed by atoms with van der Waals surface area (Å²) in [5, 5.41) is 3.36. The zero-order chi connectivity index (χ0) is 12.0. The minimum atomic E-state index is -0.185. The Morgan fingerprint density at radius 1 is 1.44 bits per heavy atom. The van der Waals surface area contributed by atoms with E-state index in [9.17, 15) is 4.79 Å². The number of ether oxygens (including phenoxy) is 1. The fourth-order valence-electron chi connectivity index (χ4n) is 1.20. The van der Waals surface area contributed by atoms with Gasteiger partial charge < -0.3 is 10.1 Å². The molecule has 5 heteroatoms. The normalized spacial score (nSPS) is 12.2. The number of carbonyl (C=O) groups is 1. The highest BCUT2D eigenvalue weighted by Gasteiger charge is 2.12. The second-order valence-corrected chi connectivity index (χ2v) is 4.03. The highest BCUT2D eigenvalue weighted by atomic mass is 35.5. The maximum Gasteiger partial charge on any atom is 0.251 e. The summed E-state index contributed by atoms with van der Waals surface area (Å²) in [5.74, 6) is 0.132. The van der Waals surface area contributed by atoms with Crippen molar-refractivity contribution in [2.75, 3.05) is 19.6 Å². The number of alkyl halides is 1. The highest BCUT2D eigenvalue weighted by molar-refractivity contribution is 6.30. The number of methoxy groups -OCH3 is 1. The van der Waals surface area contributed by atoms with Crippen molar-refractivity contribution in [3.63, 3.8) is 0 Å². The van der Waals surface area contributed by atoms with Crippen LogP contribution in [0.3, 0.4) is 0 Å². The molecule has 0 saturated heterocycles. The van der Waals surface area contributed by atoms with E-state index in [0.717, 1.165) is 0 Å². The molecule has 0 spiro atoms. The standard InChI is InChI=1S/C11H13Cl2NO2/c1-16-7-10(6-12)14-11(15)8-2-4-9(13)5-3-8/h2-5,10H,6-7H2,1H3,(H,14,15). The smallest absolute Gasteiger partial charge is 0.251 e. The fraction of sp³-hybridized carbons (Fsp3) is 0.364. The molecule has 3 nitrogen and oxygen atoms in total. The molecule has 1 amide bonds. The number of nitrogens with one attached hydrogen (secondary N) is 1. The molecule has 0 bridgehead atoms. The fourth-order valence-corrected chi connectivity index (χ4v) is 1.49. The summed E-state index contributed by atoms with van der Waals surface area (Å²) in [6.07, 6.45) is 0. The Morgan fingerprint density at radius 3 is 2.56 bits per heavy atom. The van der Waals surface area contributed by atoms with Gasteiger partial charge >= 0.3 is 0 Å². The first-order valence-electron chi connectivity index (χ1n) is 4.78. The van der Waals surface area contributed by atoms with Crippen molar-refractivity contribution < 1.29 is 9.53 Å². The molecular formula is C11H13Cl2NO2. The molecule has 0 saturated carbocycles. The van der Waals surface area contributed by atoms with Gasteiger partial charge in [-0.1, -0.05) is 11.6 Å². The lowest BCUT2D eigenvalue weighted by molar-refractivity contribution is 0.0907. The van der Waals surface area contributed by atoms with Crippen LogP contribution in [-0.4, -0.2) is 31.5 Å². The van der Waals surface area contributed by atoms with Crippen LogP contribution in [0.5, 0.6) is 0 Å². The number of hydrogen-bond donors (Lipinski definition) is 1. The van der Waals surface area contributed by atoms with Gasteiger partial charge in [-0.2, -0.15) is 0 Å². The predicted molar refractivity (Wildman–Crippen MR) is 65.3 cm³/mol. The van der Waals surface area contributed by atoms with Crippen LogP contribution >= 0.6 is 23.2 Å². The monoisotopic (exact) mass is 261 g/mol. The second kappa shape index (κ2) is 6.74. The van der Waals surface area contributed by atoms with Crippen LogP contribution in [0.4, 0.5) is 0 Å². The van der Waals surface area contributed by atoms with Gasteiger partial charge in [0.25, 0.3) is 5.91 Å². The first kappa shape index (κ1) is 13.3. The summed E-state index contributed by atoms with van der Waals surface area (Å²) in [6, 6.07) is 6.48. The maximum absolute atomic E-state index is 11.7. The molecule has 0 fully saturated rings. The van der Waals surface area contributed by atoms with Gasteiger partial charge in [-0.15, -0.1) is 11.6 Å². The van der Waals surface area contributed by atoms with Crippen molar-refractivity contribution in [1.82, 2.24) is 5.32 Å². The summed E-state index contributed by atoms with van der Waals surface area (Å²) < 4.78 is 4.93. The van der Waals surface area contributed by atoms with E-state index < -0.39 is 0 Å². The molecule has 1 atom stereocenters. The van der Waals surface area contributed by atoms with Gasteiger partial charge in [-0.05, 0) is 24.3 Å². The Balaban J connectivity index is 2.60. The predicted octanol–water partition coefficient (Wildman–Crippen LogP) is 2.32. The third-order valence-electron chi connectivity index (χ3n) is 2.00. The molecule has 0 radical (unpaired) electrons. The Bertz CT molecular complexity index is 340. The molecule has 1 unspecified atom stereocenters. The van der Waals surface area contributed by atoms with Crippen molar-refractivity contribution >= 4 is 29.1 Å². The number of hydrogen-bond acceptors (Lipinski definition) is 2. The molecule has 1 N–H and O–H groups in total. The first-order chi connectivity index (χ1) is 7.67. The van der Waals surface area contributed by atoms with Gasteiger partial charge in [-0.25, -0.2) is 0 Å². The van der Waals surface area contributed by atoms with E-state index in [0.29, 0.717) is 23.1 Å². The molecule has 1 aromatic carbocycles. The summed E-state index contributed by atoms with van der Waals surface area (Å²) in [7, 11) is 1.56. The van der Waals surface area contributed by atoms with Crippen molar-refractivity contribution in [1.29, 1.82) is 0 Å². The molecular weight excluding hydrogens is 249 g/mol. The van der Waals surface area contributed by atoms with Gasteiger partial charge in [0.1, 0.15) is 0 Å². The largest absolute Gasteiger partial charge is 0.383 e. The highest BCUT2D eigenvalue weighted by Crippen LogP contribution is 2.09. The van der Waals surface area contributed by atoms with Gasteiger partial charge in [0.05, 0.1) is 12.6 Å². The average Bonchev–Trinajstić information content (AvgIpc) is 2.29. The van der Waals surface area contributed by atoms with E-state index in [1.54, 1.807) is 31.4 Å². The molecule has 16 heavy (non-hydrogen) atoms. The van der Waals surface area contributed by atoms with Crippen LogP contribution in [0.1, 0.15) is 10.4 Å². The molecule has 0 aliphatic heterocycles. The van der Waals surface area contributed by atoms with E-state index >= 15 is 0 Å². The molecule has 0 heterocycles. The van der Waals surface area contributed by atoms with Crippen LogP contribution in [0.15, 0.2) is 24.3 Å². The molecule has 0 aliphatic rings. The van der Waals surface area contributed by atoms with Crippen LogP contribution in [0, 0.1) is 0 Å². The Labute approximate surface area is 105 Å². The quantitative estimate of drug-likeness (QED) is 0.827. The topological polar surface area (TPSA) is 38.3 Å². The lowest BCUT2D eigenvalue weighted by atomic mass is 10.2. The Hall–Kier alpha value is -0.770. The van der Waals surface area contributed by atoms with Gasteiger partial charge in [0.15, 0.2) is 0 Å². The summed E-state index contributed by atoms with van der Waals surface area (Å²) in [4.78, 5) is 11.7. The zero-order valence-corrected chi connectivity index (χ0v) is 10.4. The third-order valence-corrected chi connectivity index (χ3v) is 2.62. The number of carbonyl (C=O) groups excluding carboxylic acids is 1. The minimum absolute atomic E-state index is 0.181.